The van der Waals surface area contributed by atoms with Crippen molar-refractivity contribution in [3.63, 3.8) is 0 Å². The van der Waals surface area contributed by atoms with Crippen LogP contribution in [-0.2, 0) is 11.3 Å². The van der Waals surface area contributed by atoms with Gasteiger partial charge in [0, 0.05) is 6.42 Å². The normalized spacial score (nSPS) is 10.6. The molecule has 2 aromatic rings. The van der Waals surface area contributed by atoms with Gasteiger partial charge in [-0.05, 0) is 30.7 Å². The third-order valence-electron chi connectivity index (χ3n) is 2.08. The maximum absolute atomic E-state index is 10.7. The topological polar surface area (TPSA) is 73.8 Å². The quantitative estimate of drug-likeness (QED) is 0.759. The molecule has 2 aromatic heterocycles. The first-order valence-electron chi connectivity index (χ1n) is 5.07. The highest BCUT2D eigenvalue weighted by molar-refractivity contribution is 5.75. The Bertz CT molecular complexity index is 461. The number of Topliss-reactive ketones (excluding diaryl/α,β-unsaturated/α-hetero) is 1. The van der Waals surface area contributed by atoms with Crippen molar-refractivity contribution in [3.8, 4) is 11.6 Å². The number of hydrogen-bond acceptors (Lipinski definition) is 5. The summed E-state index contributed by atoms with van der Waals surface area (Å²) < 4.78 is 5.14. The van der Waals surface area contributed by atoms with Gasteiger partial charge in [0.1, 0.15) is 5.78 Å². The fourth-order valence-electron chi connectivity index (χ4n) is 1.31. The molecule has 0 N–H and O–H groups in total. The predicted octanol–water partition coefficient (Wildman–Crippen LogP) is 1.30. The van der Waals surface area contributed by atoms with Crippen LogP contribution in [0.3, 0.4) is 0 Å². The van der Waals surface area contributed by atoms with Gasteiger partial charge in [0.05, 0.1) is 12.8 Å². The van der Waals surface area contributed by atoms with E-state index in [9.17, 15) is 4.79 Å². The minimum atomic E-state index is 0.173. The van der Waals surface area contributed by atoms with Crippen LogP contribution in [0, 0.1) is 0 Å². The fourth-order valence-corrected chi connectivity index (χ4v) is 1.31. The van der Waals surface area contributed by atoms with E-state index in [0.717, 1.165) is 6.42 Å². The van der Waals surface area contributed by atoms with Gasteiger partial charge in [0.15, 0.2) is 5.76 Å². The minimum absolute atomic E-state index is 0.173. The van der Waals surface area contributed by atoms with Crippen molar-refractivity contribution in [2.75, 3.05) is 0 Å². The lowest BCUT2D eigenvalue weighted by molar-refractivity contribution is -0.117. The molecular weight excluding hydrogens is 208 g/mol. The van der Waals surface area contributed by atoms with Crippen molar-refractivity contribution in [2.24, 2.45) is 0 Å². The highest BCUT2D eigenvalue weighted by Gasteiger charge is 2.07. The van der Waals surface area contributed by atoms with Gasteiger partial charge in [-0.3, -0.25) is 0 Å². The van der Waals surface area contributed by atoms with E-state index in [1.807, 2.05) is 0 Å². The molecule has 6 nitrogen and oxygen atoms in total. The average Bonchev–Trinajstić information content (AvgIpc) is 2.85. The first-order valence-corrected chi connectivity index (χ1v) is 5.07. The Morgan fingerprint density at radius 2 is 2.44 bits per heavy atom. The van der Waals surface area contributed by atoms with Gasteiger partial charge in [-0.15, -0.1) is 10.2 Å². The number of nitrogens with zero attached hydrogens (tertiary/aromatic N) is 4. The highest BCUT2D eigenvalue weighted by atomic mass is 16.3. The van der Waals surface area contributed by atoms with E-state index < -0.39 is 0 Å². The zero-order valence-corrected chi connectivity index (χ0v) is 8.96. The maximum Gasteiger partial charge on any atom is 0.240 e. The number of hydrogen-bond donors (Lipinski definition) is 0. The summed E-state index contributed by atoms with van der Waals surface area (Å²) in [5.41, 5.74) is 0. The first-order chi connectivity index (χ1) is 7.75. The highest BCUT2D eigenvalue weighted by Crippen LogP contribution is 2.12. The molecule has 0 aliphatic rings. The Balaban J connectivity index is 1.95. The molecule has 0 atom stereocenters. The molecule has 0 aromatic carbocycles. The SMILES string of the molecule is CC(=O)CCCn1nnc(-c2ccco2)n1. The van der Waals surface area contributed by atoms with Crippen molar-refractivity contribution < 1.29 is 9.21 Å². The van der Waals surface area contributed by atoms with Crippen LogP contribution in [0.4, 0.5) is 0 Å². The Labute approximate surface area is 92.3 Å². The van der Waals surface area contributed by atoms with Crippen LogP contribution in [0.5, 0.6) is 0 Å². The van der Waals surface area contributed by atoms with Crippen LogP contribution in [-0.4, -0.2) is 26.0 Å². The summed E-state index contributed by atoms with van der Waals surface area (Å²) in [6, 6.07) is 3.54. The number of furan rings is 1. The van der Waals surface area contributed by atoms with E-state index >= 15 is 0 Å². The third kappa shape index (κ3) is 2.53. The molecule has 16 heavy (non-hydrogen) atoms. The largest absolute Gasteiger partial charge is 0.461 e. The molecular formula is C10H12N4O2. The van der Waals surface area contributed by atoms with Crippen LogP contribution < -0.4 is 0 Å². The van der Waals surface area contributed by atoms with Crippen LogP contribution in [0.15, 0.2) is 22.8 Å². The van der Waals surface area contributed by atoms with Crippen molar-refractivity contribution in [3.05, 3.63) is 18.4 Å². The second-order valence-corrected chi connectivity index (χ2v) is 3.49. The van der Waals surface area contributed by atoms with Gasteiger partial charge >= 0.3 is 0 Å². The molecule has 2 rings (SSSR count). The molecule has 0 saturated heterocycles. The number of tetrazole rings is 1. The summed E-state index contributed by atoms with van der Waals surface area (Å²) in [6.45, 7) is 2.16. The minimum Gasteiger partial charge on any atom is -0.461 e. The predicted molar refractivity (Wildman–Crippen MR) is 55.4 cm³/mol. The molecule has 0 radical (unpaired) electrons. The lowest BCUT2D eigenvalue weighted by atomic mass is 10.2. The molecule has 0 aliphatic carbocycles. The van der Waals surface area contributed by atoms with E-state index in [1.54, 1.807) is 25.3 Å². The molecule has 84 valence electrons. The molecule has 2 heterocycles. The Morgan fingerprint density at radius 1 is 1.56 bits per heavy atom. The maximum atomic E-state index is 10.7. The smallest absolute Gasteiger partial charge is 0.240 e. The van der Waals surface area contributed by atoms with Gasteiger partial charge in [0.25, 0.3) is 0 Å². The molecule has 6 heteroatoms. The van der Waals surface area contributed by atoms with Crippen molar-refractivity contribution in [1.82, 2.24) is 20.2 Å². The zero-order valence-electron chi connectivity index (χ0n) is 8.96. The van der Waals surface area contributed by atoms with Gasteiger partial charge in [-0.2, -0.15) is 4.80 Å². The van der Waals surface area contributed by atoms with E-state index in [0.29, 0.717) is 24.6 Å². The molecule has 0 fully saturated rings. The molecule has 0 bridgehead atoms. The molecule has 0 amide bonds. The fraction of sp³-hybridized carbons (Fsp3) is 0.400. The number of rotatable bonds is 5. The molecule has 0 saturated carbocycles. The Hall–Kier alpha value is -1.98. The van der Waals surface area contributed by atoms with Gasteiger partial charge in [-0.1, -0.05) is 0 Å². The van der Waals surface area contributed by atoms with E-state index in [-0.39, 0.29) is 5.78 Å². The number of aryl methyl sites for hydroxylation is 1. The number of aromatic nitrogens is 4. The molecule has 0 aliphatic heterocycles. The van der Waals surface area contributed by atoms with Crippen LogP contribution >= 0.6 is 0 Å². The van der Waals surface area contributed by atoms with Crippen molar-refractivity contribution >= 4 is 5.78 Å². The number of carbonyl (C=O) groups excluding carboxylic acids is 1. The summed E-state index contributed by atoms with van der Waals surface area (Å²) in [7, 11) is 0. The summed E-state index contributed by atoms with van der Waals surface area (Å²) in [5.74, 6) is 1.23. The van der Waals surface area contributed by atoms with Gasteiger partial charge < -0.3 is 9.21 Å². The second kappa shape index (κ2) is 4.69. The molecule has 0 spiro atoms. The van der Waals surface area contributed by atoms with E-state index in [4.69, 9.17) is 4.42 Å². The summed E-state index contributed by atoms with van der Waals surface area (Å²) >= 11 is 0. The Kier molecular flexibility index (Phi) is 3.09. The lowest BCUT2D eigenvalue weighted by Gasteiger charge is -1.95. The second-order valence-electron chi connectivity index (χ2n) is 3.49. The van der Waals surface area contributed by atoms with Crippen LogP contribution in [0.25, 0.3) is 11.6 Å². The van der Waals surface area contributed by atoms with Gasteiger partial charge in [0.2, 0.25) is 5.82 Å². The van der Waals surface area contributed by atoms with E-state index in [1.165, 1.54) is 4.80 Å². The van der Waals surface area contributed by atoms with Crippen molar-refractivity contribution in [1.29, 1.82) is 0 Å². The first kappa shape index (κ1) is 10.5. The van der Waals surface area contributed by atoms with Crippen LogP contribution in [0.1, 0.15) is 19.8 Å². The summed E-state index contributed by atoms with van der Waals surface area (Å²) in [4.78, 5) is 12.2. The standard InChI is InChI=1S/C10H12N4O2/c1-8(15)4-2-6-14-12-10(11-13-14)9-5-3-7-16-9/h3,5,7H,2,4,6H2,1H3. The summed E-state index contributed by atoms with van der Waals surface area (Å²) in [5, 5.41) is 11.9. The lowest BCUT2D eigenvalue weighted by Crippen LogP contribution is -2.04. The van der Waals surface area contributed by atoms with E-state index in [2.05, 4.69) is 15.4 Å². The summed E-state index contributed by atoms with van der Waals surface area (Å²) in [6.07, 6.45) is 2.83. The monoisotopic (exact) mass is 220 g/mol. The zero-order chi connectivity index (χ0) is 11.4. The molecule has 0 unspecified atom stereocenters. The average molecular weight is 220 g/mol. The number of carbonyl (C=O) groups is 1. The van der Waals surface area contributed by atoms with Crippen molar-refractivity contribution in [2.45, 2.75) is 26.3 Å². The third-order valence-corrected chi connectivity index (χ3v) is 2.08. The number of ketones is 1. The van der Waals surface area contributed by atoms with Gasteiger partial charge in [-0.25, -0.2) is 0 Å². The van der Waals surface area contributed by atoms with Crippen LogP contribution in [0.2, 0.25) is 0 Å². The Morgan fingerprint density at radius 3 is 3.12 bits per heavy atom.